The second-order valence-corrected chi connectivity index (χ2v) is 7.50. The topological polar surface area (TPSA) is 103 Å². The molecule has 0 atom stereocenters. The third-order valence-electron chi connectivity index (χ3n) is 4.44. The van der Waals surface area contributed by atoms with E-state index >= 15 is 0 Å². The molecule has 0 aliphatic heterocycles. The third-order valence-corrected chi connectivity index (χ3v) is 5.39. The summed E-state index contributed by atoms with van der Waals surface area (Å²) in [5.74, 6) is -0.946. The first kappa shape index (κ1) is 20.4. The first-order valence-corrected chi connectivity index (χ1v) is 10.4. The Morgan fingerprint density at radius 3 is 2.61 bits per heavy atom. The highest BCUT2D eigenvalue weighted by molar-refractivity contribution is 7.18. The van der Waals surface area contributed by atoms with Gasteiger partial charge in [-0.3, -0.25) is 14.2 Å². The number of fused-ring (bicyclic) bond motifs is 1. The van der Waals surface area contributed by atoms with Gasteiger partial charge in [-0.2, -0.15) is 0 Å². The summed E-state index contributed by atoms with van der Waals surface area (Å²) in [6, 6.07) is 16.3. The van der Waals surface area contributed by atoms with Gasteiger partial charge in [-0.1, -0.05) is 53.8 Å². The summed E-state index contributed by atoms with van der Waals surface area (Å²) >= 11 is 1.03. The first-order valence-electron chi connectivity index (χ1n) is 9.54. The zero-order valence-corrected chi connectivity index (χ0v) is 17.4. The van der Waals surface area contributed by atoms with Crippen LogP contribution in [0.2, 0.25) is 0 Å². The minimum atomic E-state index is -0.504. The molecule has 8 nitrogen and oxygen atoms in total. The molecule has 0 radical (unpaired) electrons. The quantitative estimate of drug-likeness (QED) is 0.467. The van der Waals surface area contributed by atoms with Crippen LogP contribution in [0.3, 0.4) is 0 Å². The van der Waals surface area contributed by atoms with Crippen molar-refractivity contribution in [1.82, 2.24) is 14.5 Å². The van der Waals surface area contributed by atoms with Gasteiger partial charge in [-0.15, -0.1) is 0 Å². The summed E-state index contributed by atoms with van der Waals surface area (Å²) in [6.07, 6.45) is 1.19. The summed E-state index contributed by atoms with van der Waals surface area (Å²) in [5.41, 5.74) is 1.95. The number of thiazole rings is 1. The number of nitrogens with one attached hydrogen (secondary N) is 1. The second-order valence-electron chi connectivity index (χ2n) is 6.50. The van der Waals surface area contributed by atoms with Gasteiger partial charge in [0.1, 0.15) is 11.4 Å². The molecule has 1 amide bonds. The standard InChI is InChI=1S/C22H18N4O4S/c1-2-30-21(29)20-19(14-8-4-3-5-9-14)25-22(31-20)24-17(27)13-26-16-11-7-6-10-15(16)23-12-18(26)28/h3-12H,2,13H2,1H3,(H,24,25,27). The number of nitrogens with zero attached hydrogens (tertiary/aromatic N) is 3. The summed E-state index contributed by atoms with van der Waals surface area (Å²) in [7, 11) is 0. The average Bonchev–Trinajstić information content (AvgIpc) is 3.20. The Bertz CT molecular complexity index is 1310. The van der Waals surface area contributed by atoms with Crippen LogP contribution < -0.4 is 10.9 Å². The normalized spacial score (nSPS) is 10.7. The van der Waals surface area contributed by atoms with Crippen LogP contribution in [0.4, 0.5) is 5.13 Å². The molecule has 2 heterocycles. The van der Waals surface area contributed by atoms with Crippen LogP contribution in [0.15, 0.2) is 65.6 Å². The molecule has 0 fully saturated rings. The van der Waals surface area contributed by atoms with Crippen molar-refractivity contribution in [3.05, 3.63) is 76.0 Å². The summed E-state index contributed by atoms with van der Waals surface area (Å²) < 4.78 is 6.48. The predicted molar refractivity (Wildman–Crippen MR) is 118 cm³/mol. The van der Waals surface area contributed by atoms with Crippen molar-refractivity contribution in [1.29, 1.82) is 0 Å². The van der Waals surface area contributed by atoms with Crippen LogP contribution in [-0.4, -0.2) is 33.0 Å². The van der Waals surface area contributed by atoms with E-state index in [0.29, 0.717) is 21.6 Å². The molecular weight excluding hydrogens is 416 g/mol. The number of hydrogen-bond acceptors (Lipinski definition) is 7. The molecule has 0 saturated heterocycles. The number of ether oxygens (including phenoxy) is 1. The fourth-order valence-corrected chi connectivity index (χ4v) is 3.98. The largest absolute Gasteiger partial charge is 0.462 e. The van der Waals surface area contributed by atoms with Gasteiger partial charge in [0.15, 0.2) is 5.13 Å². The number of aromatic nitrogens is 3. The van der Waals surface area contributed by atoms with Gasteiger partial charge < -0.3 is 10.1 Å². The monoisotopic (exact) mass is 434 g/mol. The fraction of sp³-hybridized carbons (Fsp3) is 0.136. The zero-order chi connectivity index (χ0) is 21.8. The molecule has 2 aromatic carbocycles. The molecule has 9 heteroatoms. The van der Waals surface area contributed by atoms with Gasteiger partial charge in [0, 0.05) is 5.56 Å². The number of para-hydroxylation sites is 2. The average molecular weight is 434 g/mol. The van der Waals surface area contributed by atoms with Crippen LogP contribution in [0.1, 0.15) is 16.6 Å². The van der Waals surface area contributed by atoms with E-state index in [1.807, 2.05) is 36.4 Å². The summed E-state index contributed by atoms with van der Waals surface area (Å²) in [4.78, 5) is 46.2. The number of hydrogen-bond donors (Lipinski definition) is 1. The molecule has 0 spiro atoms. The fourth-order valence-electron chi connectivity index (χ4n) is 3.08. The van der Waals surface area contributed by atoms with Crippen LogP contribution >= 0.6 is 11.3 Å². The first-order chi connectivity index (χ1) is 15.1. The van der Waals surface area contributed by atoms with E-state index in [4.69, 9.17) is 4.74 Å². The SMILES string of the molecule is CCOC(=O)c1sc(NC(=O)Cn2c(=O)cnc3ccccc32)nc1-c1ccccc1. The van der Waals surface area contributed by atoms with Crippen LogP contribution in [0.25, 0.3) is 22.3 Å². The lowest BCUT2D eigenvalue weighted by Gasteiger charge is -2.08. The Hall–Kier alpha value is -3.85. The Labute approximate surface area is 181 Å². The summed E-state index contributed by atoms with van der Waals surface area (Å²) in [5, 5.41) is 2.94. The maximum Gasteiger partial charge on any atom is 0.350 e. The van der Waals surface area contributed by atoms with Gasteiger partial charge in [0.25, 0.3) is 5.56 Å². The highest BCUT2D eigenvalue weighted by atomic mass is 32.1. The zero-order valence-electron chi connectivity index (χ0n) is 16.6. The van der Waals surface area contributed by atoms with Crippen LogP contribution in [-0.2, 0) is 16.1 Å². The molecule has 0 unspecified atom stereocenters. The molecule has 4 aromatic rings. The van der Waals surface area contributed by atoms with E-state index in [1.54, 1.807) is 25.1 Å². The van der Waals surface area contributed by atoms with Gasteiger partial charge in [-0.25, -0.2) is 14.8 Å². The minimum absolute atomic E-state index is 0.211. The molecule has 1 N–H and O–H groups in total. The molecule has 31 heavy (non-hydrogen) atoms. The highest BCUT2D eigenvalue weighted by Gasteiger charge is 2.21. The lowest BCUT2D eigenvalue weighted by Crippen LogP contribution is -2.27. The van der Waals surface area contributed by atoms with Gasteiger partial charge >= 0.3 is 5.97 Å². The number of carbonyl (C=O) groups excluding carboxylic acids is 2. The Balaban J connectivity index is 1.63. The summed E-state index contributed by atoms with van der Waals surface area (Å²) in [6.45, 7) is 1.74. The van der Waals surface area contributed by atoms with Crippen LogP contribution in [0, 0.1) is 0 Å². The van der Waals surface area contributed by atoms with Crippen molar-refractivity contribution in [3.8, 4) is 11.3 Å². The van der Waals surface area contributed by atoms with E-state index in [9.17, 15) is 14.4 Å². The molecule has 0 aliphatic carbocycles. The van der Waals surface area contributed by atoms with Crippen molar-refractivity contribution in [2.45, 2.75) is 13.5 Å². The maximum atomic E-state index is 12.7. The number of esters is 1. The van der Waals surface area contributed by atoms with Crippen molar-refractivity contribution in [2.75, 3.05) is 11.9 Å². The van der Waals surface area contributed by atoms with E-state index in [2.05, 4.69) is 15.3 Å². The lowest BCUT2D eigenvalue weighted by molar-refractivity contribution is -0.116. The Morgan fingerprint density at radius 1 is 1.10 bits per heavy atom. The Kier molecular flexibility index (Phi) is 5.85. The molecule has 2 aromatic heterocycles. The van der Waals surface area contributed by atoms with E-state index < -0.39 is 11.9 Å². The maximum absolute atomic E-state index is 12.7. The molecule has 0 saturated carbocycles. The number of amides is 1. The molecule has 0 aliphatic rings. The minimum Gasteiger partial charge on any atom is -0.462 e. The van der Waals surface area contributed by atoms with Crippen molar-refractivity contribution in [3.63, 3.8) is 0 Å². The van der Waals surface area contributed by atoms with Crippen molar-refractivity contribution >= 4 is 39.4 Å². The van der Waals surface area contributed by atoms with Gasteiger partial charge in [-0.05, 0) is 19.1 Å². The third kappa shape index (κ3) is 4.36. The number of anilines is 1. The molecule has 4 rings (SSSR count). The lowest BCUT2D eigenvalue weighted by atomic mass is 10.1. The Morgan fingerprint density at radius 2 is 1.84 bits per heavy atom. The highest BCUT2D eigenvalue weighted by Crippen LogP contribution is 2.31. The van der Waals surface area contributed by atoms with Crippen LogP contribution in [0.5, 0.6) is 0 Å². The smallest absolute Gasteiger partial charge is 0.350 e. The molecular formula is C22H18N4O4S. The molecule has 156 valence electrons. The van der Waals surface area contributed by atoms with Gasteiger partial charge in [0.2, 0.25) is 5.91 Å². The van der Waals surface area contributed by atoms with E-state index in [-0.39, 0.29) is 23.8 Å². The predicted octanol–water partition coefficient (Wildman–Crippen LogP) is 3.34. The second kappa shape index (κ2) is 8.88. The van der Waals surface area contributed by atoms with Crippen molar-refractivity contribution < 1.29 is 14.3 Å². The number of rotatable bonds is 6. The number of carbonyl (C=O) groups is 2. The van der Waals surface area contributed by atoms with Gasteiger partial charge in [0.05, 0.1) is 29.5 Å². The van der Waals surface area contributed by atoms with E-state index in [0.717, 1.165) is 16.9 Å². The number of benzene rings is 2. The molecule has 0 bridgehead atoms. The van der Waals surface area contributed by atoms with Crippen molar-refractivity contribution in [2.24, 2.45) is 0 Å². The van der Waals surface area contributed by atoms with E-state index in [1.165, 1.54) is 10.8 Å².